The fraction of sp³-hybridized carbons (Fsp3) is 0.333. The standard InChI is InChI=1S/C21H23ClN4OS/c1-12-13(2)17-18(23)19(28-20(17)24-14(12)3)21(27)26-9-7-25(8-10-26)16-6-4-5-15(22)11-16/h4-6,11H,7-10,23H2,1-3H3. The zero-order valence-electron chi connectivity index (χ0n) is 16.3. The lowest BCUT2D eigenvalue weighted by molar-refractivity contribution is 0.0752. The number of aryl methyl sites for hydroxylation is 2. The van der Waals surface area contributed by atoms with Crippen molar-refractivity contribution in [3.63, 3.8) is 0 Å². The minimum atomic E-state index is 0.000880. The molecular weight excluding hydrogens is 392 g/mol. The number of hydrogen-bond donors (Lipinski definition) is 1. The number of amides is 1. The summed E-state index contributed by atoms with van der Waals surface area (Å²) in [6, 6.07) is 7.83. The van der Waals surface area contributed by atoms with Gasteiger partial charge in [-0.25, -0.2) is 4.98 Å². The maximum atomic E-state index is 13.2. The average Bonchev–Trinajstić information content (AvgIpc) is 3.02. The Kier molecular flexibility index (Phi) is 4.93. The molecule has 1 amide bonds. The lowest BCUT2D eigenvalue weighted by atomic mass is 10.1. The number of halogens is 1. The van der Waals surface area contributed by atoms with Gasteiger partial charge in [0.25, 0.3) is 5.91 Å². The number of pyridine rings is 1. The third-order valence-corrected chi connectivity index (χ3v) is 6.93. The van der Waals surface area contributed by atoms with E-state index in [9.17, 15) is 4.79 Å². The number of carbonyl (C=O) groups is 1. The van der Waals surface area contributed by atoms with Gasteiger partial charge >= 0.3 is 0 Å². The van der Waals surface area contributed by atoms with Crippen molar-refractivity contribution in [3.05, 3.63) is 51.0 Å². The Bertz CT molecular complexity index is 1070. The molecule has 0 spiro atoms. The van der Waals surface area contributed by atoms with Crippen LogP contribution in [0.2, 0.25) is 5.02 Å². The third kappa shape index (κ3) is 3.20. The topological polar surface area (TPSA) is 62.5 Å². The predicted molar refractivity (Wildman–Crippen MR) is 118 cm³/mol. The molecule has 2 N–H and O–H groups in total. The Morgan fingerprint density at radius 1 is 1.14 bits per heavy atom. The maximum Gasteiger partial charge on any atom is 0.266 e. The molecule has 2 aromatic heterocycles. The molecule has 1 aliphatic heterocycles. The lowest BCUT2D eigenvalue weighted by Crippen LogP contribution is -2.48. The Morgan fingerprint density at radius 3 is 2.54 bits per heavy atom. The summed E-state index contributed by atoms with van der Waals surface area (Å²) in [6.45, 7) is 8.94. The number of piperazine rings is 1. The van der Waals surface area contributed by atoms with Gasteiger partial charge in [0, 0.05) is 48.0 Å². The lowest BCUT2D eigenvalue weighted by Gasteiger charge is -2.36. The van der Waals surface area contributed by atoms with Crippen LogP contribution in [0, 0.1) is 20.8 Å². The fourth-order valence-corrected chi connectivity index (χ4v) is 5.06. The van der Waals surface area contributed by atoms with Crippen molar-refractivity contribution in [2.24, 2.45) is 0 Å². The van der Waals surface area contributed by atoms with Gasteiger partial charge < -0.3 is 15.5 Å². The molecule has 1 aromatic carbocycles. The predicted octanol–water partition coefficient (Wildman–Crippen LogP) is 4.42. The van der Waals surface area contributed by atoms with Crippen LogP contribution in [0.5, 0.6) is 0 Å². The van der Waals surface area contributed by atoms with Crippen LogP contribution in [0.4, 0.5) is 11.4 Å². The van der Waals surface area contributed by atoms with E-state index in [1.165, 1.54) is 11.3 Å². The van der Waals surface area contributed by atoms with Crippen molar-refractivity contribution in [1.29, 1.82) is 0 Å². The van der Waals surface area contributed by atoms with Crippen LogP contribution in [0.15, 0.2) is 24.3 Å². The zero-order chi connectivity index (χ0) is 20.0. The van der Waals surface area contributed by atoms with E-state index in [0.29, 0.717) is 23.7 Å². The quantitative estimate of drug-likeness (QED) is 0.674. The van der Waals surface area contributed by atoms with Gasteiger partial charge in [0.1, 0.15) is 9.71 Å². The molecule has 0 atom stereocenters. The van der Waals surface area contributed by atoms with Gasteiger partial charge in [-0.3, -0.25) is 4.79 Å². The highest BCUT2D eigenvalue weighted by Gasteiger charge is 2.27. The van der Waals surface area contributed by atoms with Gasteiger partial charge in [-0.2, -0.15) is 0 Å². The van der Waals surface area contributed by atoms with Crippen molar-refractivity contribution >= 4 is 50.4 Å². The number of benzene rings is 1. The molecule has 28 heavy (non-hydrogen) atoms. The summed E-state index contributed by atoms with van der Waals surface area (Å²) >= 11 is 7.51. The smallest absolute Gasteiger partial charge is 0.266 e. The van der Waals surface area contributed by atoms with Gasteiger partial charge in [-0.1, -0.05) is 17.7 Å². The first-order valence-corrected chi connectivity index (χ1v) is 10.5. The van der Waals surface area contributed by atoms with Gasteiger partial charge in [-0.15, -0.1) is 11.3 Å². The summed E-state index contributed by atoms with van der Waals surface area (Å²) in [5.74, 6) is 0.000880. The second kappa shape index (κ2) is 7.26. The Hall–Kier alpha value is -2.31. The molecule has 1 aliphatic rings. The minimum absolute atomic E-state index is 0.000880. The summed E-state index contributed by atoms with van der Waals surface area (Å²) in [4.78, 5) is 23.4. The largest absolute Gasteiger partial charge is 0.397 e. The SMILES string of the molecule is Cc1nc2sc(C(=O)N3CCN(c4cccc(Cl)c4)CC3)c(N)c2c(C)c1C. The van der Waals surface area contributed by atoms with Crippen LogP contribution in [-0.4, -0.2) is 42.0 Å². The highest BCUT2D eigenvalue weighted by atomic mass is 35.5. The van der Waals surface area contributed by atoms with E-state index < -0.39 is 0 Å². The van der Waals surface area contributed by atoms with Gasteiger partial charge in [-0.05, 0) is 50.1 Å². The monoisotopic (exact) mass is 414 g/mol. The number of nitrogens with two attached hydrogens (primary N) is 1. The van der Waals surface area contributed by atoms with Crippen LogP contribution < -0.4 is 10.6 Å². The van der Waals surface area contributed by atoms with E-state index >= 15 is 0 Å². The molecule has 0 saturated carbocycles. The van der Waals surface area contributed by atoms with E-state index in [2.05, 4.69) is 9.88 Å². The molecule has 3 heterocycles. The summed E-state index contributed by atoms with van der Waals surface area (Å²) in [6.07, 6.45) is 0. The first kappa shape index (κ1) is 19.0. The minimum Gasteiger partial charge on any atom is -0.397 e. The fourth-order valence-electron chi connectivity index (χ4n) is 3.71. The molecule has 0 bridgehead atoms. The first-order chi connectivity index (χ1) is 13.4. The van der Waals surface area contributed by atoms with Crippen molar-refractivity contribution in [2.75, 3.05) is 36.8 Å². The zero-order valence-corrected chi connectivity index (χ0v) is 17.8. The molecule has 146 valence electrons. The summed E-state index contributed by atoms with van der Waals surface area (Å²) in [5, 5.41) is 1.65. The molecule has 0 radical (unpaired) electrons. The normalized spacial score (nSPS) is 14.7. The molecular formula is C21H23ClN4OS. The number of anilines is 2. The third-order valence-electron chi connectivity index (χ3n) is 5.61. The molecule has 7 heteroatoms. The number of fused-ring (bicyclic) bond motifs is 1. The van der Waals surface area contributed by atoms with E-state index in [1.807, 2.05) is 49.9 Å². The maximum absolute atomic E-state index is 13.2. The molecule has 1 saturated heterocycles. The number of carbonyl (C=O) groups excluding carboxylic acids is 1. The molecule has 0 unspecified atom stereocenters. The first-order valence-electron chi connectivity index (χ1n) is 9.32. The highest BCUT2D eigenvalue weighted by Crippen LogP contribution is 2.37. The van der Waals surface area contributed by atoms with Crippen LogP contribution >= 0.6 is 22.9 Å². The number of thiophene rings is 1. The second-order valence-electron chi connectivity index (χ2n) is 7.23. The molecule has 1 fully saturated rings. The van der Waals surface area contributed by atoms with Crippen LogP contribution in [0.1, 0.15) is 26.5 Å². The average molecular weight is 415 g/mol. The molecule has 3 aromatic rings. The van der Waals surface area contributed by atoms with E-state index in [0.717, 1.165) is 50.8 Å². The number of nitrogens with zero attached hydrogens (tertiary/aromatic N) is 3. The number of rotatable bonds is 2. The van der Waals surface area contributed by atoms with Crippen molar-refractivity contribution in [2.45, 2.75) is 20.8 Å². The number of hydrogen-bond acceptors (Lipinski definition) is 5. The molecule has 0 aliphatic carbocycles. The van der Waals surface area contributed by atoms with E-state index in [-0.39, 0.29) is 5.91 Å². The van der Waals surface area contributed by atoms with Crippen LogP contribution in [0.3, 0.4) is 0 Å². The van der Waals surface area contributed by atoms with Gasteiger partial charge in [0.15, 0.2) is 0 Å². The van der Waals surface area contributed by atoms with Crippen molar-refractivity contribution in [3.8, 4) is 0 Å². The van der Waals surface area contributed by atoms with Crippen LogP contribution in [-0.2, 0) is 0 Å². The van der Waals surface area contributed by atoms with Crippen molar-refractivity contribution < 1.29 is 4.79 Å². The van der Waals surface area contributed by atoms with Crippen molar-refractivity contribution in [1.82, 2.24) is 9.88 Å². The number of nitrogen functional groups attached to an aromatic ring is 1. The Morgan fingerprint density at radius 2 is 1.86 bits per heavy atom. The molecule has 4 rings (SSSR count). The van der Waals surface area contributed by atoms with E-state index in [1.54, 1.807) is 0 Å². The van der Waals surface area contributed by atoms with E-state index in [4.69, 9.17) is 17.3 Å². The Labute approximate surface area is 173 Å². The summed E-state index contributed by atoms with van der Waals surface area (Å²) < 4.78 is 0. The second-order valence-corrected chi connectivity index (χ2v) is 8.67. The van der Waals surface area contributed by atoms with Gasteiger partial charge in [0.2, 0.25) is 0 Å². The van der Waals surface area contributed by atoms with Crippen LogP contribution in [0.25, 0.3) is 10.2 Å². The Balaban J connectivity index is 1.56. The summed E-state index contributed by atoms with van der Waals surface area (Å²) in [5.41, 5.74) is 11.3. The highest BCUT2D eigenvalue weighted by molar-refractivity contribution is 7.21. The number of aromatic nitrogens is 1. The molecule has 5 nitrogen and oxygen atoms in total. The summed E-state index contributed by atoms with van der Waals surface area (Å²) in [7, 11) is 0. The van der Waals surface area contributed by atoms with Gasteiger partial charge in [0.05, 0.1) is 5.69 Å².